The third-order valence-electron chi connectivity index (χ3n) is 3.15. The number of nitrogen functional groups attached to an aromatic ring is 1. The molecule has 2 rings (SSSR count). The van der Waals surface area contributed by atoms with Gasteiger partial charge in [0, 0.05) is 24.7 Å². The standard InChI is InChI=1S/C14H19N5/c1-10(2)19(7-3-6-15)9-14-17-12-5-4-11(16)8-13(12)18-14/h4-5,8,10H,3,7,9,16H2,1-2H3,(H,17,18). The van der Waals surface area contributed by atoms with Crippen LogP contribution >= 0.6 is 0 Å². The summed E-state index contributed by atoms with van der Waals surface area (Å²) in [6.45, 7) is 5.72. The van der Waals surface area contributed by atoms with Gasteiger partial charge in [0.15, 0.2) is 0 Å². The van der Waals surface area contributed by atoms with Gasteiger partial charge in [-0.1, -0.05) is 0 Å². The van der Waals surface area contributed by atoms with Gasteiger partial charge in [-0.25, -0.2) is 4.98 Å². The van der Waals surface area contributed by atoms with Crippen molar-refractivity contribution in [2.75, 3.05) is 12.3 Å². The second kappa shape index (κ2) is 5.72. The van der Waals surface area contributed by atoms with E-state index in [0.717, 1.165) is 29.1 Å². The Hall–Kier alpha value is -2.06. The lowest BCUT2D eigenvalue weighted by atomic mass is 10.3. The number of nitrogens with zero attached hydrogens (tertiary/aromatic N) is 3. The van der Waals surface area contributed by atoms with Crippen molar-refractivity contribution in [2.45, 2.75) is 32.9 Å². The van der Waals surface area contributed by atoms with E-state index in [1.807, 2.05) is 18.2 Å². The van der Waals surface area contributed by atoms with E-state index >= 15 is 0 Å². The molecule has 0 fully saturated rings. The topological polar surface area (TPSA) is 81.7 Å². The molecule has 0 amide bonds. The number of imidazole rings is 1. The fourth-order valence-corrected chi connectivity index (χ4v) is 2.06. The molecule has 0 spiro atoms. The van der Waals surface area contributed by atoms with Crippen molar-refractivity contribution in [2.24, 2.45) is 0 Å². The van der Waals surface area contributed by atoms with Gasteiger partial charge in [-0.2, -0.15) is 5.26 Å². The number of H-pyrrole nitrogens is 1. The van der Waals surface area contributed by atoms with Crippen molar-refractivity contribution >= 4 is 16.7 Å². The quantitative estimate of drug-likeness (QED) is 0.805. The molecule has 0 saturated carbocycles. The van der Waals surface area contributed by atoms with E-state index in [1.54, 1.807) is 0 Å². The molecule has 3 N–H and O–H groups in total. The highest BCUT2D eigenvalue weighted by Gasteiger charge is 2.12. The number of aromatic nitrogens is 2. The first-order valence-electron chi connectivity index (χ1n) is 6.45. The minimum Gasteiger partial charge on any atom is -0.399 e. The van der Waals surface area contributed by atoms with E-state index in [0.29, 0.717) is 19.0 Å². The Morgan fingerprint density at radius 1 is 1.47 bits per heavy atom. The van der Waals surface area contributed by atoms with Crippen LogP contribution in [0.1, 0.15) is 26.1 Å². The molecule has 0 aliphatic heterocycles. The highest BCUT2D eigenvalue weighted by Crippen LogP contribution is 2.16. The summed E-state index contributed by atoms with van der Waals surface area (Å²) in [7, 11) is 0. The summed E-state index contributed by atoms with van der Waals surface area (Å²) in [4.78, 5) is 10.1. The molecule has 1 aromatic carbocycles. The molecule has 0 aliphatic rings. The molecule has 1 heterocycles. The second-order valence-electron chi connectivity index (χ2n) is 4.93. The summed E-state index contributed by atoms with van der Waals surface area (Å²) in [5.41, 5.74) is 8.37. The monoisotopic (exact) mass is 257 g/mol. The van der Waals surface area contributed by atoms with Gasteiger partial charge >= 0.3 is 0 Å². The summed E-state index contributed by atoms with van der Waals surface area (Å²) in [5.74, 6) is 0.909. The average Bonchev–Trinajstić information content (AvgIpc) is 2.75. The number of anilines is 1. The third kappa shape index (κ3) is 3.24. The van der Waals surface area contributed by atoms with Crippen LogP contribution in [0.2, 0.25) is 0 Å². The molecule has 100 valence electrons. The zero-order chi connectivity index (χ0) is 13.8. The van der Waals surface area contributed by atoms with Gasteiger partial charge in [-0.15, -0.1) is 0 Å². The molecular formula is C14H19N5. The molecule has 0 aliphatic carbocycles. The first-order chi connectivity index (χ1) is 9.10. The fraction of sp³-hybridized carbons (Fsp3) is 0.429. The minimum absolute atomic E-state index is 0.381. The van der Waals surface area contributed by atoms with Crippen LogP contribution in [0.3, 0.4) is 0 Å². The SMILES string of the molecule is CC(C)N(CCC#N)Cc1nc2ccc(N)cc2[nH]1. The lowest BCUT2D eigenvalue weighted by molar-refractivity contribution is 0.213. The Bertz CT molecular complexity index is 593. The van der Waals surface area contributed by atoms with Crippen molar-refractivity contribution in [3.63, 3.8) is 0 Å². The van der Waals surface area contributed by atoms with Crippen molar-refractivity contribution in [3.05, 3.63) is 24.0 Å². The van der Waals surface area contributed by atoms with Crippen molar-refractivity contribution < 1.29 is 0 Å². The lowest BCUT2D eigenvalue weighted by Crippen LogP contribution is -2.31. The summed E-state index contributed by atoms with van der Waals surface area (Å²) in [5, 5.41) is 8.69. The lowest BCUT2D eigenvalue weighted by Gasteiger charge is -2.24. The largest absolute Gasteiger partial charge is 0.399 e. The number of nitriles is 1. The molecular weight excluding hydrogens is 238 g/mol. The number of hydrogen-bond acceptors (Lipinski definition) is 4. The third-order valence-corrected chi connectivity index (χ3v) is 3.15. The number of fused-ring (bicyclic) bond motifs is 1. The van der Waals surface area contributed by atoms with Gasteiger partial charge in [0.05, 0.1) is 23.6 Å². The maximum atomic E-state index is 8.69. The Balaban J connectivity index is 2.17. The Morgan fingerprint density at radius 3 is 2.95 bits per heavy atom. The molecule has 0 saturated heterocycles. The number of aromatic amines is 1. The van der Waals surface area contributed by atoms with Crippen LogP contribution in [-0.4, -0.2) is 27.5 Å². The Labute approximate surface area is 113 Å². The molecule has 0 unspecified atom stereocenters. The molecule has 0 atom stereocenters. The molecule has 0 bridgehead atoms. The molecule has 19 heavy (non-hydrogen) atoms. The van der Waals surface area contributed by atoms with Crippen molar-refractivity contribution in [3.8, 4) is 6.07 Å². The summed E-state index contributed by atoms with van der Waals surface area (Å²) < 4.78 is 0. The summed E-state index contributed by atoms with van der Waals surface area (Å²) >= 11 is 0. The van der Waals surface area contributed by atoms with Gasteiger partial charge in [-0.3, -0.25) is 4.90 Å². The number of rotatable bonds is 5. The zero-order valence-electron chi connectivity index (χ0n) is 11.3. The van der Waals surface area contributed by atoms with Gasteiger partial charge < -0.3 is 10.7 Å². The number of nitrogens with two attached hydrogens (primary N) is 1. The second-order valence-corrected chi connectivity index (χ2v) is 4.93. The van der Waals surface area contributed by atoms with Crippen LogP contribution in [0.5, 0.6) is 0 Å². The minimum atomic E-state index is 0.381. The van der Waals surface area contributed by atoms with E-state index in [2.05, 4.69) is 34.8 Å². The first kappa shape index (κ1) is 13.4. The maximum Gasteiger partial charge on any atom is 0.121 e. The normalized spacial score (nSPS) is 11.3. The summed E-state index contributed by atoms with van der Waals surface area (Å²) in [6, 6.07) is 8.22. The highest BCUT2D eigenvalue weighted by molar-refractivity contribution is 5.78. The van der Waals surface area contributed by atoms with Gasteiger partial charge in [0.2, 0.25) is 0 Å². The average molecular weight is 257 g/mol. The van der Waals surface area contributed by atoms with Crippen molar-refractivity contribution in [1.82, 2.24) is 14.9 Å². The van der Waals surface area contributed by atoms with Crippen LogP contribution in [0, 0.1) is 11.3 Å². The van der Waals surface area contributed by atoms with Gasteiger partial charge in [0.1, 0.15) is 5.82 Å². The van der Waals surface area contributed by atoms with Gasteiger partial charge in [-0.05, 0) is 32.0 Å². The Morgan fingerprint density at radius 2 is 2.26 bits per heavy atom. The van der Waals surface area contributed by atoms with E-state index < -0.39 is 0 Å². The highest BCUT2D eigenvalue weighted by atomic mass is 15.2. The van der Waals surface area contributed by atoms with Crippen LogP contribution in [0.25, 0.3) is 11.0 Å². The number of benzene rings is 1. The smallest absolute Gasteiger partial charge is 0.121 e. The van der Waals surface area contributed by atoms with E-state index in [1.165, 1.54) is 0 Å². The fourth-order valence-electron chi connectivity index (χ4n) is 2.06. The molecule has 5 heteroatoms. The first-order valence-corrected chi connectivity index (χ1v) is 6.45. The molecule has 0 radical (unpaired) electrons. The predicted octanol–water partition coefficient (Wildman–Crippen LogP) is 2.27. The van der Waals surface area contributed by atoms with Crippen LogP contribution in [-0.2, 0) is 6.54 Å². The van der Waals surface area contributed by atoms with Crippen LogP contribution in [0.15, 0.2) is 18.2 Å². The zero-order valence-corrected chi connectivity index (χ0v) is 11.3. The molecule has 5 nitrogen and oxygen atoms in total. The van der Waals surface area contributed by atoms with E-state index in [4.69, 9.17) is 11.0 Å². The Kier molecular flexibility index (Phi) is 4.03. The van der Waals surface area contributed by atoms with E-state index in [9.17, 15) is 0 Å². The molecule has 2 aromatic rings. The summed E-state index contributed by atoms with van der Waals surface area (Å²) in [6.07, 6.45) is 0.533. The van der Waals surface area contributed by atoms with Crippen molar-refractivity contribution in [1.29, 1.82) is 5.26 Å². The van der Waals surface area contributed by atoms with E-state index in [-0.39, 0.29) is 0 Å². The van der Waals surface area contributed by atoms with Gasteiger partial charge in [0.25, 0.3) is 0 Å². The number of hydrogen-bond donors (Lipinski definition) is 2. The predicted molar refractivity (Wildman–Crippen MR) is 76.3 cm³/mol. The number of nitrogens with one attached hydrogen (secondary N) is 1. The maximum absolute atomic E-state index is 8.69. The van der Waals surface area contributed by atoms with Crippen LogP contribution < -0.4 is 5.73 Å². The molecule has 1 aromatic heterocycles. The van der Waals surface area contributed by atoms with Crippen LogP contribution in [0.4, 0.5) is 5.69 Å².